The number of benzene rings is 2. The number of carbonyl (C=O) groups is 1. The molecule has 1 unspecified atom stereocenters. The number of methoxy groups -OCH3 is 1. The summed E-state index contributed by atoms with van der Waals surface area (Å²) >= 11 is 19.7. The minimum Gasteiger partial charge on any atom is -0.497 e. The van der Waals surface area contributed by atoms with Gasteiger partial charge in [0.05, 0.1) is 7.11 Å². The van der Waals surface area contributed by atoms with Crippen molar-refractivity contribution < 1.29 is 14.3 Å². The molecule has 2 aromatic carbocycles. The van der Waals surface area contributed by atoms with Gasteiger partial charge in [-0.25, -0.2) is 4.98 Å². The number of thioether (sulfide) groups is 1. The van der Waals surface area contributed by atoms with Crippen molar-refractivity contribution in [2.75, 3.05) is 7.11 Å². The van der Waals surface area contributed by atoms with Crippen LogP contribution in [0.25, 0.3) is 0 Å². The van der Waals surface area contributed by atoms with Crippen LogP contribution in [0, 0.1) is 6.92 Å². The molecule has 1 heterocycles. The molecule has 0 saturated carbocycles. The first-order valence-corrected chi connectivity index (χ1v) is 11.6. The third kappa shape index (κ3) is 7.17. The molecule has 10 heteroatoms. The van der Waals surface area contributed by atoms with Crippen LogP contribution in [0.5, 0.6) is 11.6 Å². The Morgan fingerprint density at radius 3 is 2.41 bits per heavy atom. The maximum absolute atomic E-state index is 12.6. The summed E-state index contributed by atoms with van der Waals surface area (Å²) in [6.45, 7) is 1.81. The second-order valence-electron chi connectivity index (χ2n) is 6.65. The van der Waals surface area contributed by atoms with E-state index in [2.05, 4.69) is 15.3 Å². The predicted molar refractivity (Wildman–Crippen MR) is 128 cm³/mol. The number of aryl methyl sites for hydroxylation is 1. The van der Waals surface area contributed by atoms with Crippen LogP contribution >= 0.6 is 46.6 Å². The van der Waals surface area contributed by atoms with Crippen molar-refractivity contribution in [2.45, 2.75) is 27.9 Å². The topological polar surface area (TPSA) is 73.3 Å². The molecule has 1 atom stereocenters. The van der Waals surface area contributed by atoms with Gasteiger partial charge in [0.2, 0.25) is 15.9 Å². The maximum Gasteiger partial charge on any atom is 0.254 e. The molecule has 0 aliphatic carbocycles. The molecule has 0 bridgehead atoms. The number of nitrogens with zero attached hydrogens (tertiary/aromatic N) is 2. The van der Waals surface area contributed by atoms with Crippen molar-refractivity contribution in [1.29, 1.82) is 0 Å². The standard InChI is InChI=1S/C22H20Cl3N3O3S/c1-14-12-18(27-21(26-14)32-13-15-6-4-3-5-7-15)31-20(22(23,24)25)28-19(29)16-8-10-17(30-2)11-9-16/h3-12,20H,13H2,1-2H3,(H,28,29). The Balaban J connectivity index is 1.73. The Morgan fingerprint density at radius 2 is 1.78 bits per heavy atom. The average molecular weight is 513 g/mol. The molecule has 0 radical (unpaired) electrons. The molecule has 1 N–H and O–H groups in total. The molecule has 0 saturated heterocycles. The van der Waals surface area contributed by atoms with E-state index in [9.17, 15) is 4.79 Å². The van der Waals surface area contributed by atoms with Gasteiger partial charge < -0.3 is 14.8 Å². The molecule has 1 aromatic heterocycles. The van der Waals surface area contributed by atoms with Gasteiger partial charge in [-0.2, -0.15) is 4.98 Å². The van der Waals surface area contributed by atoms with Crippen LogP contribution in [0.1, 0.15) is 21.6 Å². The number of rotatable bonds is 8. The van der Waals surface area contributed by atoms with E-state index in [1.54, 1.807) is 37.3 Å². The minimum absolute atomic E-state index is 0.180. The third-order valence-electron chi connectivity index (χ3n) is 4.17. The van der Waals surface area contributed by atoms with Gasteiger partial charge >= 0.3 is 0 Å². The van der Waals surface area contributed by atoms with E-state index in [0.717, 1.165) is 5.56 Å². The minimum atomic E-state index is -1.95. The Morgan fingerprint density at radius 1 is 1.09 bits per heavy atom. The summed E-state index contributed by atoms with van der Waals surface area (Å²) in [7, 11) is 1.54. The first kappa shape index (κ1) is 24.5. The number of aromatic nitrogens is 2. The van der Waals surface area contributed by atoms with E-state index in [1.165, 1.54) is 18.9 Å². The second kappa shape index (κ2) is 11.1. The van der Waals surface area contributed by atoms with Crippen molar-refractivity contribution in [3.05, 3.63) is 77.5 Å². The summed E-state index contributed by atoms with van der Waals surface area (Å²) in [5.74, 6) is 1.01. The van der Waals surface area contributed by atoms with Crippen LogP contribution in [-0.2, 0) is 5.75 Å². The average Bonchev–Trinajstić information content (AvgIpc) is 2.77. The zero-order chi connectivity index (χ0) is 23.1. The number of hydrogen-bond acceptors (Lipinski definition) is 6. The number of alkyl halides is 3. The quantitative estimate of drug-likeness (QED) is 0.184. The van der Waals surface area contributed by atoms with Crippen molar-refractivity contribution in [1.82, 2.24) is 15.3 Å². The lowest BCUT2D eigenvalue weighted by Gasteiger charge is -2.26. The fraction of sp³-hybridized carbons (Fsp3) is 0.227. The summed E-state index contributed by atoms with van der Waals surface area (Å²) in [4.78, 5) is 21.4. The van der Waals surface area contributed by atoms with E-state index in [0.29, 0.717) is 27.9 Å². The summed E-state index contributed by atoms with van der Waals surface area (Å²) in [6.07, 6.45) is -1.29. The highest BCUT2D eigenvalue weighted by molar-refractivity contribution is 7.98. The molecule has 0 aliphatic heterocycles. The zero-order valence-corrected chi connectivity index (χ0v) is 20.3. The number of hydrogen-bond donors (Lipinski definition) is 1. The number of carbonyl (C=O) groups excluding carboxylic acids is 1. The molecule has 32 heavy (non-hydrogen) atoms. The van der Waals surface area contributed by atoms with Gasteiger partial charge in [-0.1, -0.05) is 76.9 Å². The highest BCUT2D eigenvalue weighted by Gasteiger charge is 2.37. The summed E-state index contributed by atoms with van der Waals surface area (Å²) in [6, 6.07) is 18.1. The highest BCUT2D eigenvalue weighted by Crippen LogP contribution is 2.32. The lowest BCUT2D eigenvalue weighted by atomic mass is 10.2. The van der Waals surface area contributed by atoms with E-state index < -0.39 is 15.9 Å². The van der Waals surface area contributed by atoms with Crippen LogP contribution in [0.2, 0.25) is 0 Å². The SMILES string of the molecule is COc1ccc(C(=O)NC(Oc2cc(C)nc(SCc3ccccc3)n2)C(Cl)(Cl)Cl)cc1. The normalized spacial score (nSPS) is 12.2. The number of ether oxygens (including phenoxy) is 2. The predicted octanol–water partition coefficient (Wildman–Crippen LogP) is 5.59. The summed E-state index contributed by atoms with van der Waals surface area (Å²) < 4.78 is 8.92. The molecular formula is C22H20Cl3N3O3S. The van der Waals surface area contributed by atoms with Gasteiger partial charge in [-0.15, -0.1) is 0 Å². The van der Waals surface area contributed by atoms with E-state index >= 15 is 0 Å². The van der Waals surface area contributed by atoms with Crippen molar-refractivity contribution in [3.8, 4) is 11.6 Å². The van der Waals surface area contributed by atoms with Gasteiger partial charge in [0.25, 0.3) is 5.91 Å². The molecule has 0 aliphatic rings. The van der Waals surface area contributed by atoms with Crippen LogP contribution in [0.4, 0.5) is 0 Å². The fourth-order valence-corrected chi connectivity index (χ4v) is 3.75. The molecule has 6 nitrogen and oxygen atoms in total. The Hall–Kier alpha value is -2.19. The van der Waals surface area contributed by atoms with Crippen LogP contribution in [0.15, 0.2) is 65.8 Å². The largest absolute Gasteiger partial charge is 0.497 e. The molecular weight excluding hydrogens is 493 g/mol. The van der Waals surface area contributed by atoms with Crippen LogP contribution < -0.4 is 14.8 Å². The van der Waals surface area contributed by atoms with Crippen LogP contribution in [-0.4, -0.2) is 33.0 Å². The number of nitrogens with one attached hydrogen (secondary N) is 1. The Kier molecular flexibility index (Phi) is 8.48. The Labute approximate surface area is 205 Å². The fourth-order valence-electron chi connectivity index (χ4n) is 2.60. The monoisotopic (exact) mass is 511 g/mol. The smallest absolute Gasteiger partial charge is 0.254 e. The van der Waals surface area contributed by atoms with Gasteiger partial charge in [0.1, 0.15) is 5.75 Å². The van der Waals surface area contributed by atoms with Crippen LogP contribution in [0.3, 0.4) is 0 Å². The van der Waals surface area contributed by atoms with E-state index in [4.69, 9.17) is 44.3 Å². The Bertz CT molecular complexity index is 1050. The van der Waals surface area contributed by atoms with Gasteiger partial charge in [-0.05, 0) is 36.8 Å². The molecule has 0 spiro atoms. The first-order valence-electron chi connectivity index (χ1n) is 9.45. The molecule has 3 aromatic rings. The molecule has 1 amide bonds. The summed E-state index contributed by atoms with van der Waals surface area (Å²) in [5, 5.41) is 3.10. The van der Waals surface area contributed by atoms with E-state index in [1.807, 2.05) is 30.3 Å². The lowest BCUT2D eigenvalue weighted by Crippen LogP contribution is -2.48. The molecule has 3 rings (SSSR count). The van der Waals surface area contributed by atoms with Gasteiger partial charge in [0, 0.05) is 23.1 Å². The van der Waals surface area contributed by atoms with Gasteiger partial charge in [-0.3, -0.25) is 4.79 Å². The van der Waals surface area contributed by atoms with E-state index in [-0.39, 0.29) is 5.88 Å². The highest BCUT2D eigenvalue weighted by atomic mass is 35.6. The van der Waals surface area contributed by atoms with Gasteiger partial charge in [0.15, 0.2) is 5.16 Å². The first-order chi connectivity index (χ1) is 15.2. The number of halogens is 3. The molecule has 168 valence electrons. The lowest BCUT2D eigenvalue weighted by molar-refractivity contribution is 0.0824. The maximum atomic E-state index is 12.6. The second-order valence-corrected chi connectivity index (χ2v) is 9.96. The summed E-state index contributed by atoms with van der Waals surface area (Å²) in [5.41, 5.74) is 2.16. The zero-order valence-electron chi connectivity index (χ0n) is 17.2. The van der Waals surface area contributed by atoms with Crippen molar-refractivity contribution >= 4 is 52.5 Å². The van der Waals surface area contributed by atoms with Crippen molar-refractivity contribution in [3.63, 3.8) is 0 Å². The molecule has 0 fully saturated rings. The van der Waals surface area contributed by atoms with Crippen molar-refractivity contribution in [2.24, 2.45) is 0 Å². The third-order valence-corrected chi connectivity index (χ3v) is 5.68. The number of amides is 1.